The van der Waals surface area contributed by atoms with E-state index in [1.54, 1.807) is 6.08 Å². The molecule has 17 heavy (non-hydrogen) atoms. The minimum atomic E-state index is -0.441. The molecule has 1 aromatic rings. The second kappa shape index (κ2) is 4.38. The highest BCUT2D eigenvalue weighted by molar-refractivity contribution is 7.80. The molecule has 0 aliphatic carbocycles. The zero-order chi connectivity index (χ0) is 12.6. The summed E-state index contributed by atoms with van der Waals surface area (Å²) in [5.74, 6) is -0.811. The summed E-state index contributed by atoms with van der Waals surface area (Å²) in [6.07, 6.45) is 1.59. The Labute approximate surface area is 108 Å². The summed E-state index contributed by atoms with van der Waals surface area (Å²) < 4.78 is 0. The van der Waals surface area contributed by atoms with E-state index in [-0.39, 0.29) is 16.6 Å². The quantitative estimate of drug-likeness (QED) is 0.474. The van der Waals surface area contributed by atoms with Gasteiger partial charge in [-0.15, -0.1) is 11.3 Å². The van der Waals surface area contributed by atoms with E-state index >= 15 is 0 Å². The van der Waals surface area contributed by atoms with Gasteiger partial charge in [0.05, 0.1) is 0 Å². The van der Waals surface area contributed by atoms with Crippen molar-refractivity contribution >= 4 is 46.6 Å². The van der Waals surface area contributed by atoms with Crippen molar-refractivity contribution in [3.63, 3.8) is 0 Å². The number of thiocarbonyl (C=S) groups is 1. The largest absolute Gasteiger partial charge is 0.298 e. The molecule has 6 heteroatoms. The standard InChI is InChI=1S/C11H10N2O2S2/c1-6-3-4-7(17-6)5-8-9(14)12-11(16)13(2)10(8)15/h3-5H,1-2H3,(H,12,14,16). The van der Waals surface area contributed by atoms with Crippen molar-refractivity contribution in [3.8, 4) is 0 Å². The minimum absolute atomic E-state index is 0.114. The van der Waals surface area contributed by atoms with E-state index < -0.39 is 5.91 Å². The summed E-state index contributed by atoms with van der Waals surface area (Å²) in [5.41, 5.74) is 0.114. The Kier molecular flexibility index (Phi) is 3.08. The highest BCUT2D eigenvalue weighted by Crippen LogP contribution is 2.20. The Morgan fingerprint density at radius 2 is 2.12 bits per heavy atom. The van der Waals surface area contributed by atoms with Crippen LogP contribution in [0.3, 0.4) is 0 Å². The van der Waals surface area contributed by atoms with Crippen LogP contribution in [0.25, 0.3) is 6.08 Å². The minimum Gasteiger partial charge on any atom is -0.298 e. The number of aryl methyl sites for hydroxylation is 1. The van der Waals surface area contributed by atoms with Gasteiger partial charge in [0.25, 0.3) is 11.8 Å². The van der Waals surface area contributed by atoms with Crippen LogP contribution in [0.5, 0.6) is 0 Å². The zero-order valence-electron chi connectivity index (χ0n) is 9.31. The van der Waals surface area contributed by atoms with Crippen LogP contribution >= 0.6 is 23.6 Å². The first-order valence-electron chi connectivity index (χ1n) is 4.90. The molecule has 0 saturated carbocycles. The summed E-state index contributed by atoms with van der Waals surface area (Å²) in [6, 6.07) is 3.82. The summed E-state index contributed by atoms with van der Waals surface area (Å²) in [7, 11) is 1.54. The van der Waals surface area contributed by atoms with Crippen LogP contribution in [-0.2, 0) is 9.59 Å². The second-order valence-corrected chi connectivity index (χ2v) is 5.34. The maximum atomic E-state index is 11.9. The molecule has 1 saturated heterocycles. The van der Waals surface area contributed by atoms with Crippen molar-refractivity contribution < 1.29 is 9.59 Å². The molecule has 1 fully saturated rings. The topological polar surface area (TPSA) is 49.4 Å². The molecule has 0 atom stereocenters. The number of amides is 2. The third kappa shape index (κ3) is 2.27. The van der Waals surface area contributed by atoms with Crippen molar-refractivity contribution in [2.45, 2.75) is 6.92 Å². The third-order valence-corrected chi connectivity index (χ3v) is 3.68. The molecule has 2 amide bonds. The molecule has 88 valence electrons. The van der Waals surface area contributed by atoms with Crippen LogP contribution in [0.4, 0.5) is 0 Å². The van der Waals surface area contributed by atoms with Gasteiger partial charge < -0.3 is 0 Å². The predicted octanol–water partition coefficient (Wildman–Crippen LogP) is 1.31. The molecule has 4 nitrogen and oxygen atoms in total. The van der Waals surface area contributed by atoms with Gasteiger partial charge in [0, 0.05) is 16.8 Å². The van der Waals surface area contributed by atoms with E-state index in [0.29, 0.717) is 0 Å². The lowest BCUT2D eigenvalue weighted by molar-refractivity contribution is -0.128. The van der Waals surface area contributed by atoms with Gasteiger partial charge in [-0.2, -0.15) is 0 Å². The number of nitrogens with zero attached hydrogens (tertiary/aromatic N) is 1. The number of hydrogen-bond acceptors (Lipinski definition) is 4. The molecule has 2 rings (SSSR count). The maximum absolute atomic E-state index is 11.9. The molecular weight excluding hydrogens is 256 g/mol. The number of nitrogens with one attached hydrogen (secondary N) is 1. The molecule has 1 aliphatic rings. The van der Waals surface area contributed by atoms with Crippen LogP contribution in [0, 0.1) is 6.92 Å². The van der Waals surface area contributed by atoms with Crippen LogP contribution < -0.4 is 5.32 Å². The van der Waals surface area contributed by atoms with Crippen molar-refractivity contribution in [3.05, 3.63) is 27.5 Å². The van der Waals surface area contributed by atoms with Crippen molar-refractivity contribution in [1.82, 2.24) is 10.2 Å². The molecule has 0 radical (unpaired) electrons. The normalized spacial score (nSPS) is 18.8. The van der Waals surface area contributed by atoms with Gasteiger partial charge in [0.15, 0.2) is 5.11 Å². The average Bonchev–Trinajstić information content (AvgIpc) is 2.67. The van der Waals surface area contributed by atoms with Gasteiger partial charge in [-0.25, -0.2) is 0 Å². The lowest BCUT2D eigenvalue weighted by atomic mass is 10.1. The van der Waals surface area contributed by atoms with Gasteiger partial charge in [-0.3, -0.25) is 19.8 Å². The fraction of sp³-hybridized carbons (Fsp3) is 0.182. The lowest BCUT2D eigenvalue weighted by Crippen LogP contribution is -2.52. The predicted molar refractivity (Wildman–Crippen MR) is 70.5 cm³/mol. The highest BCUT2D eigenvalue weighted by atomic mass is 32.1. The maximum Gasteiger partial charge on any atom is 0.265 e. The van der Waals surface area contributed by atoms with Gasteiger partial charge >= 0.3 is 0 Å². The van der Waals surface area contributed by atoms with Gasteiger partial charge in [0.1, 0.15) is 5.57 Å². The summed E-state index contributed by atoms with van der Waals surface area (Å²) >= 11 is 6.38. The first kappa shape index (κ1) is 11.9. The second-order valence-electron chi connectivity index (χ2n) is 3.63. The third-order valence-electron chi connectivity index (χ3n) is 2.35. The SMILES string of the molecule is Cc1ccc(C=C2C(=O)NC(=S)N(C)C2=O)s1. The first-order chi connectivity index (χ1) is 7.99. The Morgan fingerprint density at radius 3 is 2.71 bits per heavy atom. The molecule has 0 spiro atoms. The smallest absolute Gasteiger partial charge is 0.265 e. The zero-order valence-corrected chi connectivity index (χ0v) is 10.9. The Morgan fingerprint density at radius 1 is 1.41 bits per heavy atom. The number of carbonyl (C=O) groups excluding carboxylic acids is 2. The van der Waals surface area contributed by atoms with E-state index in [1.165, 1.54) is 23.3 Å². The number of likely N-dealkylation sites (N-methyl/N-ethyl adjacent to an activating group) is 1. The molecule has 0 unspecified atom stereocenters. The van der Waals surface area contributed by atoms with E-state index in [2.05, 4.69) is 5.32 Å². The Balaban J connectivity index is 2.37. The molecular formula is C11H10N2O2S2. The Hall–Kier alpha value is -1.53. The van der Waals surface area contributed by atoms with Crippen LogP contribution in [0.1, 0.15) is 9.75 Å². The summed E-state index contributed by atoms with van der Waals surface area (Å²) in [6.45, 7) is 1.97. The number of hydrogen-bond donors (Lipinski definition) is 1. The molecule has 1 N–H and O–H groups in total. The lowest BCUT2D eigenvalue weighted by Gasteiger charge is -2.24. The number of thiophene rings is 1. The summed E-state index contributed by atoms with van der Waals surface area (Å²) in [4.78, 5) is 26.8. The number of rotatable bonds is 1. The monoisotopic (exact) mass is 266 g/mol. The van der Waals surface area contributed by atoms with Crippen LogP contribution in [0.15, 0.2) is 17.7 Å². The highest BCUT2D eigenvalue weighted by Gasteiger charge is 2.30. The van der Waals surface area contributed by atoms with Crippen molar-refractivity contribution in [1.29, 1.82) is 0 Å². The molecule has 0 aromatic carbocycles. The van der Waals surface area contributed by atoms with Crippen LogP contribution in [-0.4, -0.2) is 28.9 Å². The van der Waals surface area contributed by atoms with E-state index in [9.17, 15) is 9.59 Å². The molecule has 1 aliphatic heterocycles. The van der Waals surface area contributed by atoms with E-state index in [4.69, 9.17) is 12.2 Å². The van der Waals surface area contributed by atoms with Crippen molar-refractivity contribution in [2.24, 2.45) is 0 Å². The van der Waals surface area contributed by atoms with Gasteiger partial charge in [-0.1, -0.05) is 0 Å². The summed E-state index contributed by atoms with van der Waals surface area (Å²) in [5, 5.41) is 2.61. The molecule has 1 aromatic heterocycles. The first-order valence-corrected chi connectivity index (χ1v) is 6.13. The number of carbonyl (C=O) groups is 2. The average molecular weight is 266 g/mol. The van der Waals surface area contributed by atoms with E-state index in [0.717, 1.165) is 9.75 Å². The van der Waals surface area contributed by atoms with Gasteiger partial charge in [0.2, 0.25) is 0 Å². The fourth-order valence-electron chi connectivity index (χ4n) is 1.42. The van der Waals surface area contributed by atoms with Gasteiger partial charge in [-0.05, 0) is 37.4 Å². The molecule has 0 bridgehead atoms. The van der Waals surface area contributed by atoms with Crippen LogP contribution in [0.2, 0.25) is 0 Å². The molecule has 2 heterocycles. The fourth-order valence-corrected chi connectivity index (χ4v) is 2.42. The van der Waals surface area contributed by atoms with E-state index in [1.807, 2.05) is 19.1 Å². The van der Waals surface area contributed by atoms with Crippen molar-refractivity contribution in [2.75, 3.05) is 7.05 Å². The Bertz CT molecular complexity index is 545.